The van der Waals surface area contributed by atoms with Crippen LogP contribution >= 0.6 is 0 Å². The van der Waals surface area contributed by atoms with Crippen LogP contribution in [0.1, 0.15) is 24.2 Å². The molecule has 1 rings (SSSR count). The molecule has 1 aromatic carbocycles. The number of amides is 2. The molecule has 0 aliphatic heterocycles. The lowest BCUT2D eigenvalue weighted by molar-refractivity contribution is -0.114. The Kier molecular flexibility index (Phi) is 5.77. The van der Waals surface area contributed by atoms with E-state index in [0.29, 0.717) is 23.7 Å². The van der Waals surface area contributed by atoms with E-state index in [0.717, 1.165) is 0 Å². The Morgan fingerprint density at radius 2 is 2.14 bits per heavy atom. The second kappa shape index (κ2) is 7.55. The Labute approximate surface area is 122 Å². The molecule has 2 amide bonds. The fraction of sp³-hybridized carbons (Fsp3) is 0.214. The third kappa shape index (κ3) is 4.54. The smallest absolute Gasteiger partial charge is 0.250 e. The molecule has 0 fully saturated rings. The fourth-order valence-electron chi connectivity index (χ4n) is 1.63. The first kappa shape index (κ1) is 16.0. The topological polar surface area (TPSA) is 117 Å². The summed E-state index contributed by atoms with van der Waals surface area (Å²) in [6.45, 7) is 3.53. The van der Waals surface area contributed by atoms with Gasteiger partial charge < -0.3 is 21.1 Å². The van der Waals surface area contributed by atoms with Gasteiger partial charge in [0.1, 0.15) is 5.75 Å². The Hall–Kier alpha value is -3.01. The lowest BCUT2D eigenvalue weighted by Crippen LogP contribution is -2.15. The molecule has 0 bridgehead atoms. The van der Waals surface area contributed by atoms with Crippen LogP contribution in [-0.2, 0) is 4.79 Å². The van der Waals surface area contributed by atoms with Crippen LogP contribution in [0.4, 0.5) is 11.4 Å². The molecule has 0 radical (unpaired) electrons. The van der Waals surface area contributed by atoms with Gasteiger partial charge in [-0.1, -0.05) is 0 Å². The van der Waals surface area contributed by atoms with E-state index in [1.807, 2.05) is 6.07 Å². The van der Waals surface area contributed by atoms with E-state index < -0.39 is 5.91 Å². The number of nitrogens with two attached hydrogens (primary N) is 1. The van der Waals surface area contributed by atoms with Crippen LogP contribution in [0.25, 0.3) is 0 Å². The third-order valence-corrected chi connectivity index (χ3v) is 2.39. The van der Waals surface area contributed by atoms with Gasteiger partial charge in [0.25, 0.3) is 5.91 Å². The van der Waals surface area contributed by atoms with Gasteiger partial charge in [0, 0.05) is 25.3 Å². The van der Waals surface area contributed by atoms with E-state index in [-0.39, 0.29) is 11.5 Å². The molecule has 1 aromatic rings. The molecule has 0 spiro atoms. The van der Waals surface area contributed by atoms with Crippen molar-refractivity contribution in [1.82, 2.24) is 0 Å². The maximum Gasteiger partial charge on any atom is 0.250 e. The highest BCUT2D eigenvalue weighted by Crippen LogP contribution is 2.32. The molecule has 0 saturated heterocycles. The van der Waals surface area contributed by atoms with Crippen LogP contribution in [0.5, 0.6) is 5.75 Å². The normalized spacial score (nSPS) is 9.95. The van der Waals surface area contributed by atoms with Crippen molar-refractivity contribution in [2.24, 2.45) is 5.73 Å². The summed E-state index contributed by atoms with van der Waals surface area (Å²) < 4.78 is 5.42. The summed E-state index contributed by atoms with van der Waals surface area (Å²) in [7, 11) is 0. The largest absolute Gasteiger partial charge is 0.492 e. The van der Waals surface area contributed by atoms with Gasteiger partial charge in [-0.3, -0.25) is 9.59 Å². The minimum atomic E-state index is -0.669. The molecule has 0 aromatic heterocycles. The molecule has 0 atom stereocenters. The van der Waals surface area contributed by atoms with E-state index in [1.165, 1.54) is 31.3 Å². The van der Waals surface area contributed by atoms with Crippen molar-refractivity contribution in [2.45, 2.75) is 13.8 Å². The first-order valence-electron chi connectivity index (χ1n) is 6.19. The summed E-state index contributed by atoms with van der Waals surface area (Å²) in [6, 6.07) is 4.78. The number of benzene rings is 1. The zero-order valence-electron chi connectivity index (χ0n) is 11.8. The fourth-order valence-corrected chi connectivity index (χ4v) is 1.63. The standard InChI is InChI=1S/C14H16N4O3/c1-3-21-13-8-11(17-6-4-5-15)10(14(16)20)7-12(13)18-9(2)19/h4,6-8,17H,3H2,1-2H3,(H2,16,20)(H,18,19). The molecule has 7 nitrogen and oxygen atoms in total. The highest BCUT2D eigenvalue weighted by molar-refractivity contribution is 6.02. The second-order valence-electron chi connectivity index (χ2n) is 3.98. The molecule has 110 valence electrons. The lowest BCUT2D eigenvalue weighted by Gasteiger charge is -2.15. The number of hydrogen-bond acceptors (Lipinski definition) is 5. The minimum Gasteiger partial charge on any atom is -0.492 e. The molecule has 0 aliphatic rings. The maximum absolute atomic E-state index is 11.5. The van der Waals surface area contributed by atoms with Crippen molar-refractivity contribution in [3.63, 3.8) is 0 Å². The van der Waals surface area contributed by atoms with E-state index in [2.05, 4.69) is 10.6 Å². The average Bonchev–Trinajstić information content (AvgIpc) is 2.41. The van der Waals surface area contributed by atoms with Gasteiger partial charge in [-0.25, -0.2) is 0 Å². The van der Waals surface area contributed by atoms with Crippen LogP contribution in [0.3, 0.4) is 0 Å². The molecule has 0 saturated carbocycles. The molecular formula is C14H16N4O3. The first-order valence-corrected chi connectivity index (χ1v) is 6.19. The highest BCUT2D eigenvalue weighted by Gasteiger charge is 2.15. The van der Waals surface area contributed by atoms with Crippen LogP contribution in [0, 0.1) is 11.3 Å². The monoisotopic (exact) mass is 288 g/mol. The number of allylic oxidation sites excluding steroid dienone is 1. The molecule has 0 aliphatic carbocycles. The van der Waals surface area contributed by atoms with Crippen molar-refractivity contribution in [2.75, 3.05) is 17.2 Å². The van der Waals surface area contributed by atoms with Gasteiger partial charge in [-0.15, -0.1) is 0 Å². The predicted octanol–water partition coefficient (Wildman–Crippen LogP) is 1.59. The van der Waals surface area contributed by atoms with Gasteiger partial charge >= 0.3 is 0 Å². The molecular weight excluding hydrogens is 272 g/mol. The van der Waals surface area contributed by atoms with Crippen molar-refractivity contribution in [3.05, 3.63) is 30.0 Å². The van der Waals surface area contributed by atoms with Gasteiger partial charge in [0.2, 0.25) is 5.91 Å². The lowest BCUT2D eigenvalue weighted by atomic mass is 10.1. The number of anilines is 2. The zero-order chi connectivity index (χ0) is 15.8. The zero-order valence-corrected chi connectivity index (χ0v) is 11.8. The Bertz CT molecular complexity index is 617. The number of ether oxygens (including phenoxy) is 1. The minimum absolute atomic E-state index is 0.171. The number of hydrogen-bond donors (Lipinski definition) is 3. The van der Waals surface area contributed by atoms with Crippen LogP contribution in [-0.4, -0.2) is 18.4 Å². The second-order valence-corrected chi connectivity index (χ2v) is 3.98. The maximum atomic E-state index is 11.5. The van der Waals surface area contributed by atoms with Crippen LogP contribution in [0.2, 0.25) is 0 Å². The van der Waals surface area contributed by atoms with E-state index in [9.17, 15) is 9.59 Å². The number of carbonyl (C=O) groups excluding carboxylic acids is 2. The highest BCUT2D eigenvalue weighted by atomic mass is 16.5. The molecule has 0 unspecified atom stereocenters. The Morgan fingerprint density at radius 1 is 1.43 bits per heavy atom. The molecule has 21 heavy (non-hydrogen) atoms. The van der Waals surface area contributed by atoms with Crippen molar-refractivity contribution >= 4 is 23.2 Å². The van der Waals surface area contributed by atoms with Gasteiger partial charge in [0.05, 0.1) is 29.6 Å². The number of carbonyl (C=O) groups is 2. The third-order valence-electron chi connectivity index (χ3n) is 2.39. The number of nitrogens with one attached hydrogen (secondary N) is 2. The van der Waals surface area contributed by atoms with E-state index >= 15 is 0 Å². The Balaban J connectivity index is 3.31. The quantitative estimate of drug-likeness (QED) is 0.687. The predicted molar refractivity (Wildman–Crippen MR) is 78.8 cm³/mol. The summed E-state index contributed by atoms with van der Waals surface area (Å²) in [4.78, 5) is 22.7. The van der Waals surface area contributed by atoms with Crippen molar-refractivity contribution in [3.8, 4) is 11.8 Å². The molecule has 7 heteroatoms. The van der Waals surface area contributed by atoms with Gasteiger partial charge in [-0.2, -0.15) is 5.26 Å². The summed E-state index contributed by atoms with van der Waals surface area (Å²) in [5.74, 6) is -0.570. The Morgan fingerprint density at radius 3 is 2.67 bits per heavy atom. The number of nitriles is 1. The van der Waals surface area contributed by atoms with Crippen molar-refractivity contribution in [1.29, 1.82) is 5.26 Å². The number of nitrogens with zero attached hydrogens (tertiary/aromatic N) is 1. The van der Waals surface area contributed by atoms with Crippen LogP contribution < -0.4 is 21.1 Å². The SMILES string of the molecule is CCOc1cc(NC=CC#N)c(C(N)=O)cc1NC(C)=O. The molecule has 4 N–H and O–H groups in total. The number of rotatable bonds is 6. The van der Waals surface area contributed by atoms with E-state index in [4.69, 9.17) is 15.7 Å². The van der Waals surface area contributed by atoms with Crippen LogP contribution in [0.15, 0.2) is 24.4 Å². The van der Waals surface area contributed by atoms with E-state index in [1.54, 1.807) is 6.92 Å². The number of primary amides is 1. The summed E-state index contributed by atoms with van der Waals surface area (Å²) in [5.41, 5.74) is 6.23. The average molecular weight is 288 g/mol. The summed E-state index contributed by atoms with van der Waals surface area (Å²) in [5, 5.41) is 13.8. The summed E-state index contributed by atoms with van der Waals surface area (Å²) >= 11 is 0. The summed E-state index contributed by atoms with van der Waals surface area (Å²) in [6.07, 6.45) is 2.59. The first-order chi connectivity index (χ1) is 9.99. The molecule has 0 heterocycles. The van der Waals surface area contributed by atoms with Crippen molar-refractivity contribution < 1.29 is 14.3 Å². The van der Waals surface area contributed by atoms with Gasteiger partial charge in [0.15, 0.2) is 0 Å². The van der Waals surface area contributed by atoms with Gasteiger partial charge in [-0.05, 0) is 13.0 Å².